The zero-order chi connectivity index (χ0) is 8.93. The van der Waals surface area contributed by atoms with Gasteiger partial charge in [0.1, 0.15) is 11.4 Å². The molecule has 0 aliphatic carbocycles. The quantitative estimate of drug-likeness (QED) is 0.478. The molecule has 5 heteroatoms. The van der Waals surface area contributed by atoms with Crippen molar-refractivity contribution in [1.82, 2.24) is 4.90 Å². The molecule has 2 saturated heterocycles. The zero-order valence-electron chi connectivity index (χ0n) is 6.86. The second-order valence-electron chi connectivity index (χ2n) is 3.69. The molecule has 2 rings (SSSR count). The van der Waals surface area contributed by atoms with E-state index in [1.165, 1.54) is 0 Å². The lowest BCUT2D eigenvalue weighted by Gasteiger charge is -2.51. The van der Waals surface area contributed by atoms with Crippen molar-refractivity contribution in [1.29, 1.82) is 0 Å². The number of thioether (sulfide) groups is 1. The molecule has 0 aromatic carbocycles. The van der Waals surface area contributed by atoms with Crippen LogP contribution in [0.15, 0.2) is 0 Å². The molecule has 0 aromatic rings. The molecule has 2 aliphatic rings. The van der Waals surface area contributed by atoms with Gasteiger partial charge < -0.3 is 15.7 Å². The maximum Gasteiger partial charge on any atom is 0.243 e. The summed E-state index contributed by atoms with van der Waals surface area (Å²) in [7, 11) is 0. The van der Waals surface area contributed by atoms with E-state index in [4.69, 9.17) is 5.73 Å². The Balaban J connectivity index is 2.08. The van der Waals surface area contributed by atoms with Crippen molar-refractivity contribution >= 4 is 17.7 Å². The fraction of sp³-hybridized carbons (Fsp3) is 0.857. The Labute approximate surface area is 75.1 Å². The van der Waals surface area contributed by atoms with E-state index < -0.39 is 5.60 Å². The first kappa shape index (κ1) is 8.34. The molecule has 0 bridgehead atoms. The average Bonchev–Trinajstić information content (AvgIpc) is 2.02. The number of fused-ring (bicyclic) bond motifs is 1. The SMILES string of the molecule is CC1(O)CS[C@@H]2C(N)C(=O)N2C1. The third kappa shape index (κ3) is 1.04. The lowest BCUT2D eigenvalue weighted by Crippen LogP contribution is -2.72. The molecule has 0 radical (unpaired) electrons. The number of carbonyl (C=O) groups excluding carboxylic acids is 1. The van der Waals surface area contributed by atoms with Crippen LogP contribution in [-0.4, -0.2) is 45.2 Å². The molecule has 4 nitrogen and oxygen atoms in total. The Morgan fingerprint density at radius 1 is 1.83 bits per heavy atom. The number of hydrogen-bond acceptors (Lipinski definition) is 4. The van der Waals surface area contributed by atoms with Gasteiger partial charge in [0.15, 0.2) is 0 Å². The van der Waals surface area contributed by atoms with Crippen molar-refractivity contribution in [3.63, 3.8) is 0 Å². The van der Waals surface area contributed by atoms with E-state index in [-0.39, 0.29) is 17.3 Å². The minimum Gasteiger partial charge on any atom is -0.387 e. The summed E-state index contributed by atoms with van der Waals surface area (Å²) in [6, 6.07) is -0.342. The number of rotatable bonds is 0. The van der Waals surface area contributed by atoms with Gasteiger partial charge in [-0.25, -0.2) is 0 Å². The van der Waals surface area contributed by atoms with Gasteiger partial charge in [0.2, 0.25) is 5.91 Å². The lowest BCUT2D eigenvalue weighted by molar-refractivity contribution is -0.149. The van der Waals surface area contributed by atoms with Crippen LogP contribution in [0.5, 0.6) is 0 Å². The van der Waals surface area contributed by atoms with Gasteiger partial charge in [0.25, 0.3) is 0 Å². The first-order valence-electron chi connectivity index (χ1n) is 3.91. The minimum absolute atomic E-state index is 0.0347. The van der Waals surface area contributed by atoms with Crippen molar-refractivity contribution < 1.29 is 9.90 Å². The molecule has 3 N–H and O–H groups in total. The standard InChI is InChI=1S/C7H12N2O2S/c1-7(11)2-9-5(10)4(8)6(9)12-3-7/h4,6,11H,2-3,8H2,1H3/t4?,6-,7?/m1/s1. The normalized spacial score (nSPS) is 46.9. The minimum atomic E-state index is -0.739. The summed E-state index contributed by atoms with van der Waals surface area (Å²) in [6.45, 7) is 2.17. The van der Waals surface area contributed by atoms with Crippen LogP contribution in [0.1, 0.15) is 6.92 Å². The molecule has 2 aliphatic heterocycles. The van der Waals surface area contributed by atoms with Gasteiger partial charge in [-0.2, -0.15) is 0 Å². The monoisotopic (exact) mass is 188 g/mol. The van der Waals surface area contributed by atoms with E-state index in [0.717, 1.165) is 0 Å². The topological polar surface area (TPSA) is 66.6 Å². The van der Waals surface area contributed by atoms with Crippen LogP contribution in [0.4, 0.5) is 0 Å². The summed E-state index contributed by atoms with van der Waals surface area (Å²) < 4.78 is 0. The van der Waals surface area contributed by atoms with E-state index >= 15 is 0 Å². The van der Waals surface area contributed by atoms with Gasteiger partial charge in [-0.05, 0) is 6.92 Å². The summed E-state index contributed by atoms with van der Waals surface area (Å²) in [5, 5.41) is 9.75. The highest BCUT2D eigenvalue weighted by atomic mass is 32.2. The molecule has 2 heterocycles. The number of hydrogen-bond donors (Lipinski definition) is 2. The zero-order valence-corrected chi connectivity index (χ0v) is 7.67. The summed E-state index contributed by atoms with van der Waals surface area (Å²) >= 11 is 1.56. The van der Waals surface area contributed by atoms with Crippen LogP contribution in [-0.2, 0) is 4.79 Å². The van der Waals surface area contributed by atoms with Gasteiger partial charge in [-0.1, -0.05) is 0 Å². The Morgan fingerprint density at radius 3 is 3.17 bits per heavy atom. The molecule has 1 amide bonds. The summed E-state index contributed by atoms with van der Waals surface area (Å²) in [6.07, 6.45) is 0. The third-order valence-electron chi connectivity index (χ3n) is 2.26. The van der Waals surface area contributed by atoms with Gasteiger partial charge >= 0.3 is 0 Å². The molecule has 0 saturated carbocycles. The van der Waals surface area contributed by atoms with Crippen molar-refractivity contribution in [3.05, 3.63) is 0 Å². The van der Waals surface area contributed by atoms with Crippen molar-refractivity contribution in [2.24, 2.45) is 5.73 Å². The fourth-order valence-corrected chi connectivity index (χ4v) is 2.89. The average molecular weight is 188 g/mol. The Bertz CT molecular complexity index is 231. The Morgan fingerprint density at radius 2 is 2.50 bits per heavy atom. The molecule has 0 aromatic heterocycles. The first-order valence-corrected chi connectivity index (χ1v) is 4.96. The third-order valence-corrected chi connectivity index (χ3v) is 3.94. The van der Waals surface area contributed by atoms with Crippen LogP contribution >= 0.6 is 11.8 Å². The molecular formula is C7H12N2O2S. The molecule has 12 heavy (non-hydrogen) atoms. The number of nitrogens with zero attached hydrogens (tertiary/aromatic N) is 1. The van der Waals surface area contributed by atoms with Crippen LogP contribution in [0.25, 0.3) is 0 Å². The number of aliphatic hydroxyl groups is 1. The maximum atomic E-state index is 11.2. The maximum absolute atomic E-state index is 11.2. The highest BCUT2D eigenvalue weighted by Crippen LogP contribution is 2.36. The number of amides is 1. The van der Waals surface area contributed by atoms with Gasteiger partial charge in [-0.3, -0.25) is 4.79 Å². The van der Waals surface area contributed by atoms with Crippen molar-refractivity contribution in [3.8, 4) is 0 Å². The summed E-state index contributed by atoms with van der Waals surface area (Å²) in [4.78, 5) is 12.8. The van der Waals surface area contributed by atoms with Crippen molar-refractivity contribution in [2.45, 2.75) is 23.9 Å². The number of carbonyl (C=O) groups is 1. The van der Waals surface area contributed by atoms with Gasteiger partial charge in [0.05, 0.1) is 12.1 Å². The van der Waals surface area contributed by atoms with Crippen LogP contribution in [0, 0.1) is 0 Å². The Hall–Kier alpha value is -0.260. The van der Waals surface area contributed by atoms with Crippen LogP contribution in [0.2, 0.25) is 0 Å². The fourth-order valence-electron chi connectivity index (χ4n) is 1.59. The van der Waals surface area contributed by atoms with Crippen molar-refractivity contribution in [2.75, 3.05) is 12.3 Å². The second-order valence-corrected chi connectivity index (χ2v) is 4.80. The Kier molecular flexibility index (Phi) is 1.65. The second kappa shape index (κ2) is 2.37. The highest BCUT2D eigenvalue weighted by molar-refractivity contribution is 8.00. The largest absolute Gasteiger partial charge is 0.387 e. The number of β-lactam (4-membered cyclic amide) rings is 1. The van der Waals surface area contributed by atoms with E-state index in [2.05, 4.69) is 0 Å². The smallest absolute Gasteiger partial charge is 0.243 e. The van der Waals surface area contributed by atoms with E-state index in [0.29, 0.717) is 12.3 Å². The molecule has 2 unspecified atom stereocenters. The molecule has 0 spiro atoms. The first-order chi connectivity index (χ1) is 5.51. The number of nitrogens with two attached hydrogens (primary N) is 1. The summed E-state index contributed by atoms with van der Waals surface area (Å²) in [5.41, 5.74) is 4.83. The van der Waals surface area contributed by atoms with Crippen LogP contribution < -0.4 is 5.73 Å². The summed E-state index contributed by atoms with van der Waals surface area (Å²) in [5.74, 6) is 0.627. The van der Waals surface area contributed by atoms with Gasteiger partial charge in [-0.15, -0.1) is 11.8 Å². The van der Waals surface area contributed by atoms with Gasteiger partial charge in [0, 0.05) is 5.75 Å². The van der Waals surface area contributed by atoms with E-state index in [9.17, 15) is 9.90 Å². The highest BCUT2D eigenvalue weighted by Gasteiger charge is 2.51. The molecule has 68 valence electrons. The molecule has 2 fully saturated rings. The van der Waals surface area contributed by atoms with E-state index in [1.54, 1.807) is 23.6 Å². The van der Waals surface area contributed by atoms with Crippen LogP contribution in [0.3, 0.4) is 0 Å². The van der Waals surface area contributed by atoms with E-state index in [1.807, 2.05) is 0 Å². The predicted octanol–water partition coefficient (Wildman–Crippen LogP) is -1.02. The lowest BCUT2D eigenvalue weighted by atomic mass is 10.0. The predicted molar refractivity (Wildman–Crippen MR) is 46.6 cm³/mol. The molecular weight excluding hydrogens is 176 g/mol. The molecule has 3 atom stereocenters.